The monoisotopic (exact) mass is 750 g/mol. The average molecular weight is 751 g/mol. The van der Waals surface area contributed by atoms with Gasteiger partial charge in [-0.3, -0.25) is 34.4 Å². The maximum Gasteiger partial charge on any atom is 0.334 e. The molecule has 2 aromatic carbocycles. The molecule has 16 nitrogen and oxygen atoms in total. The van der Waals surface area contributed by atoms with Crippen molar-refractivity contribution in [2.45, 2.75) is 103 Å². The number of hydrogen-bond acceptors (Lipinski definition) is 7. The van der Waals surface area contributed by atoms with Crippen LogP contribution < -0.4 is 48.9 Å². The molecule has 0 radical (unpaired) electrons. The Bertz CT molecular complexity index is 1520. The highest BCUT2D eigenvalue weighted by atomic mass is 16.2. The van der Waals surface area contributed by atoms with E-state index in [0.29, 0.717) is 19.4 Å². The molecule has 0 saturated heterocycles. The third kappa shape index (κ3) is 17.7. The van der Waals surface area contributed by atoms with Crippen LogP contribution in [-0.2, 0) is 36.8 Å². The van der Waals surface area contributed by atoms with Gasteiger partial charge < -0.3 is 38.1 Å². The molecule has 0 unspecified atom stereocenters. The van der Waals surface area contributed by atoms with Gasteiger partial charge in [-0.2, -0.15) is 0 Å². The summed E-state index contributed by atoms with van der Waals surface area (Å²) in [6.45, 7) is 6.08. The number of guanidine groups is 1. The number of benzene rings is 2. The summed E-state index contributed by atoms with van der Waals surface area (Å²) < 4.78 is 0. The van der Waals surface area contributed by atoms with Crippen LogP contribution in [0.25, 0.3) is 0 Å². The number of urea groups is 1. The maximum absolute atomic E-state index is 13.7. The van der Waals surface area contributed by atoms with E-state index in [1.807, 2.05) is 57.2 Å². The highest BCUT2D eigenvalue weighted by Crippen LogP contribution is 2.09. The van der Waals surface area contributed by atoms with Crippen LogP contribution >= 0.6 is 0 Å². The molecule has 0 bridgehead atoms. The highest BCUT2D eigenvalue weighted by molar-refractivity contribution is 5.94. The number of carbonyl (C=O) groups is 6. The van der Waals surface area contributed by atoms with E-state index < -0.39 is 53.8 Å². The maximum atomic E-state index is 13.7. The van der Waals surface area contributed by atoms with Crippen molar-refractivity contribution in [1.82, 2.24) is 37.4 Å². The molecule has 0 saturated carbocycles. The summed E-state index contributed by atoms with van der Waals surface area (Å²) in [5.74, 6) is -2.83. The molecule has 2 rings (SSSR count). The number of nitrogens with zero attached hydrogens (tertiary/aromatic N) is 1. The van der Waals surface area contributed by atoms with Crippen molar-refractivity contribution in [3.63, 3.8) is 0 Å². The van der Waals surface area contributed by atoms with Gasteiger partial charge in [0.05, 0.1) is 0 Å². The Morgan fingerprint density at radius 3 is 1.80 bits per heavy atom. The van der Waals surface area contributed by atoms with Crippen LogP contribution in [0.3, 0.4) is 0 Å². The van der Waals surface area contributed by atoms with Crippen LogP contribution in [-0.4, -0.2) is 79.3 Å². The predicted molar refractivity (Wildman–Crippen MR) is 207 cm³/mol. The number of hydrogen-bond donors (Lipinski definition) is 9. The first-order chi connectivity index (χ1) is 25.8. The summed E-state index contributed by atoms with van der Waals surface area (Å²) >= 11 is 0. The zero-order valence-electron chi connectivity index (χ0n) is 31.8. The molecule has 54 heavy (non-hydrogen) atoms. The third-order valence-electron chi connectivity index (χ3n) is 8.36. The Balaban J connectivity index is 2.15. The lowest BCUT2D eigenvalue weighted by Crippen LogP contribution is -2.59. The molecule has 0 aliphatic carbocycles. The van der Waals surface area contributed by atoms with Gasteiger partial charge >= 0.3 is 6.03 Å². The van der Waals surface area contributed by atoms with Crippen LogP contribution in [0.15, 0.2) is 65.7 Å². The number of rotatable bonds is 22. The average Bonchev–Trinajstić information content (AvgIpc) is 3.14. The van der Waals surface area contributed by atoms with Crippen molar-refractivity contribution in [2.75, 3.05) is 13.6 Å². The first kappa shape index (κ1) is 44.5. The smallest absolute Gasteiger partial charge is 0.334 e. The lowest BCUT2D eigenvalue weighted by atomic mass is 10.0. The lowest BCUT2D eigenvalue weighted by Gasteiger charge is -2.26. The van der Waals surface area contributed by atoms with Gasteiger partial charge in [0, 0.05) is 32.9 Å². The number of amides is 7. The van der Waals surface area contributed by atoms with E-state index in [4.69, 9.17) is 11.5 Å². The summed E-state index contributed by atoms with van der Waals surface area (Å²) in [7, 11) is 1.52. The van der Waals surface area contributed by atoms with Gasteiger partial charge in [-0.15, -0.1) is 0 Å². The number of primary amides is 1. The molecule has 296 valence electrons. The van der Waals surface area contributed by atoms with Crippen LogP contribution in [0.5, 0.6) is 0 Å². The lowest BCUT2D eigenvalue weighted by molar-refractivity contribution is -0.132. The van der Waals surface area contributed by atoms with Crippen molar-refractivity contribution >= 4 is 41.5 Å². The number of hydrazine groups is 1. The first-order valence-electron chi connectivity index (χ1n) is 18.4. The topological polar surface area (TPSA) is 251 Å². The Labute approximate surface area is 317 Å². The molecular formula is C38H58N10O6. The Morgan fingerprint density at radius 1 is 0.667 bits per heavy atom. The molecule has 4 atom stereocenters. The summed E-state index contributed by atoms with van der Waals surface area (Å²) in [4.78, 5) is 82.4. The summed E-state index contributed by atoms with van der Waals surface area (Å²) in [5, 5.41) is 13.6. The fourth-order valence-electron chi connectivity index (χ4n) is 5.45. The summed E-state index contributed by atoms with van der Waals surface area (Å²) in [6.07, 6.45) is 3.81. The molecule has 0 spiro atoms. The number of nitrogens with one attached hydrogen (secondary N) is 7. The highest BCUT2D eigenvalue weighted by Gasteiger charge is 2.30. The van der Waals surface area contributed by atoms with E-state index >= 15 is 0 Å². The Kier molecular flexibility index (Phi) is 20.2. The van der Waals surface area contributed by atoms with Gasteiger partial charge in [0.2, 0.25) is 23.6 Å². The van der Waals surface area contributed by atoms with Crippen LogP contribution in [0.2, 0.25) is 0 Å². The Hall–Kier alpha value is -5.67. The molecule has 0 aromatic heterocycles. The van der Waals surface area contributed by atoms with Gasteiger partial charge in [0.25, 0.3) is 5.91 Å². The van der Waals surface area contributed by atoms with E-state index in [1.54, 1.807) is 24.3 Å². The zero-order chi connectivity index (χ0) is 39.9. The fraction of sp³-hybridized carbons (Fsp3) is 0.500. The van der Waals surface area contributed by atoms with E-state index in [2.05, 4.69) is 42.4 Å². The standard InChI is InChI=1S/C38H58N10O6/c1-5-6-9-20-32(49)43-31(24-27-17-12-8-13-18-27)36(53)47-48-38(54)46-30(22-25(2)3)35(52)44-28(19-14-21-42-37(40)41-4)34(51)45-29(33(39)50)23-26-15-10-7-11-16-26/h7-8,10-13,15-18,25,28-31H,5-6,9,14,19-24H2,1-4H3,(H2,39,50)(H,43,49)(H,44,52)(H,45,51)(H,47,53)(H3,40,41,42)(H2,46,48,54)/t28-,29-,30-,31-/m0/s1. The van der Waals surface area contributed by atoms with Crippen LogP contribution in [0, 0.1) is 5.92 Å². The fourth-order valence-corrected chi connectivity index (χ4v) is 5.45. The van der Waals surface area contributed by atoms with Gasteiger partial charge in [-0.1, -0.05) is 94.3 Å². The molecular weight excluding hydrogens is 692 g/mol. The van der Waals surface area contributed by atoms with Gasteiger partial charge in [0.1, 0.15) is 24.2 Å². The zero-order valence-corrected chi connectivity index (χ0v) is 31.8. The minimum Gasteiger partial charge on any atom is -0.370 e. The molecule has 0 fully saturated rings. The summed E-state index contributed by atoms with van der Waals surface area (Å²) in [6, 6.07) is 13.0. The molecule has 0 heterocycles. The van der Waals surface area contributed by atoms with Crippen LogP contribution in [0.1, 0.15) is 76.8 Å². The number of aliphatic imine (C=N–C) groups is 1. The predicted octanol–water partition coefficient (Wildman–Crippen LogP) is 1.05. The van der Waals surface area contributed by atoms with Gasteiger partial charge in [0.15, 0.2) is 5.96 Å². The van der Waals surface area contributed by atoms with E-state index in [0.717, 1.165) is 24.0 Å². The van der Waals surface area contributed by atoms with Crippen molar-refractivity contribution in [3.8, 4) is 0 Å². The minimum atomic E-state index is -1.12. The van der Waals surface area contributed by atoms with Crippen molar-refractivity contribution < 1.29 is 28.8 Å². The third-order valence-corrected chi connectivity index (χ3v) is 8.36. The van der Waals surface area contributed by atoms with Crippen molar-refractivity contribution in [2.24, 2.45) is 22.4 Å². The molecule has 0 aliphatic rings. The second-order valence-electron chi connectivity index (χ2n) is 13.4. The van der Waals surface area contributed by atoms with Crippen LogP contribution in [0.4, 0.5) is 4.79 Å². The number of unbranched alkanes of at least 4 members (excludes halogenated alkanes) is 2. The van der Waals surface area contributed by atoms with E-state index in [-0.39, 0.29) is 49.9 Å². The Morgan fingerprint density at radius 2 is 1.24 bits per heavy atom. The largest absolute Gasteiger partial charge is 0.370 e. The second kappa shape index (κ2) is 24.5. The van der Waals surface area contributed by atoms with E-state index in [9.17, 15) is 28.8 Å². The molecule has 7 amide bonds. The molecule has 0 aliphatic heterocycles. The number of nitrogens with two attached hydrogens (primary N) is 2. The van der Waals surface area contributed by atoms with Gasteiger partial charge in [-0.25, -0.2) is 10.2 Å². The summed E-state index contributed by atoms with van der Waals surface area (Å²) in [5.41, 5.74) is 17.6. The normalized spacial score (nSPS) is 13.4. The van der Waals surface area contributed by atoms with Gasteiger partial charge in [-0.05, 0) is 42.7 Å². The molecule has 11 N–H and O–H groups in total. The van der Waals surface area contributed by atoms with E-state index in [1.165, 1.54) is 7.05 Å². The number of carbonyl (C=O) groups excluding carboxylic acids is 6. The first-order valence-corrected chi connectivity index (χ1v) is 18.4. The molecule has 2 aromatic rings. The second-order valence-corrected chi connectivity index (χ2v) is 13.4. The SMILES string of the molecule is CCCCCC(=O)N[C@@H](Cc1ccccc1)C(=O)NNC(=O)N[C@@H](CC(C)C)C(=O)N[C@@H](CCCNC(N)=NC)C(=O)N[C@@H](Cc1ccccc1)C(N)=O. The quantitative estimate of drug-likeness (QED) is 0.0363. The minimum absolute atomic E-state index is 0.0632. The molecule has 16 heteroatoms. The van der Waals surface area contributed by atoms with Crippen molar-refractivity contribution in [3.05, 3.63) is 71.8 Å². The van der Waals surface area contributed by atoms with Crippen molar-refractivity contribution in [1.29, 1.82) is 0 Å².